The molecule has 1 aliphatic heterocycles. The number of carbonyl (C=O) groups is 3. The molecule has 1 heterocycles. The molecular formula is C13H14F2O9S. The SMILES string of the molecule is O=C(COC(=O)C1C2CC3OC(=O)C1C3C2)OCC(F)(F)S(=O)(=O)O. The summed E-state index contributed by atoms with van der Waals surface area (Å²) in [4.78, 5) is 35.2. The molecule has 9 nitrogen and oxygen atoms in total. The lowest BCUT2D eigenvalue weighted by atomic mass is 9.80. The molecule has 3 aliphatic rings. The first-order valence-electron chi connectivity index (χ1n) is 7.39. The molecule has 3 fully saturated rings. The van der Waals surface area contributed by atoms with Crippen LogP contribution < -0.4 is 0 Å². The van der Waals surface area contributed by atoms with Crippen LogP contribution >= 0.6 is 0 Å². The van der Waals surface area contributed by atoms with Crippen molar-refractivity contribution < 1.29 is 50.3 Å². The zero-order chi connectivity index (χ0) is 18.6. The van der Waals surface area contributed by atoms with Crippen LogP contribution in [0.3, 0.4) is 0 Å². The predicted octanol–water partition coefficient (Wildman–Crippen LogP) is -0.249. The number of alkyl halides is 2. The van der Waals surface area contributed by atoms with Gasteiger partial charge in [-0.3, -0.25) is 14.1 Å². The molecule has 2 bridgehead atoms. The maximum absolute atomic E-state index is 12.9. The van der Waals surface area contributed by atoms with E-state index in [2.05, 4.69) is 4.74 Å². The second-order valence-electron chi connectivity index (χ2n) is 6.30. The van der Waals surface area contributed by atoms with Crippen LogP contribution in [0.2, 0.25) is 0 Å². The number of hydrogen-bond acceptors (Lipinski definition) is 8. The largest absolute Gasteiger partial charge is 0.462 e. The Balaban J connectivity index is 1.50. The molecule has 2 saturated carbocycles. The minimum Gasteiger partial charge on any atom is -0.462 e. The lowest BCUT2D eigenvalue weighted by molar-refractivity contribution is -0.166. The van der Waals surface area contributed by atoms with Crippen molar-refractivity contribution in [2.45, 2.75) is 24.2 Å². The molecule has 1 saturated heterocycles. The fraction of sp³-hybridized carbons (Fsp3) is 0.769. The summed E-state index contributed by atoms with van der Waals surface area (Å²) < 4.78 is 68.7. The Morgan fingerprint density at radius 1 is 1.28 bits per heavy atom. The van der Waals surface area contributed by atoms with Gasteiger partial charge in [-0.15, -0.1) is 0 Å². The van der Waals surface area contributed by atoms with E-state index in [9.17, 15) is 31.6 Å². The minimum atomic E-state index is -5.73. The fourth-order valence-electron chi connectivity index (χ4n) is 3.83. The molecule has 5 atom stereocenters. The first-order valence-corrected chi connectivity index (χ1v) is 8.83. The quantitative estimate of drug-likeness (QED) is 0.374. The van der Waals surface area contributed by atoms with Gasteiger partial charge >= 0.3 is 33.3 Å². The third-order valence-electron chi connectivity index (χ3n) is 4.87. The molecule has 5 unspecified atom stereocenters. The van der Waals surface area contributed by atoms with E-state index in [1.807, 2.05) is 0 Å². The van der Waals surface area contributed by atoms with Crippen molar-refractivity contribution in [3.63, 3.8) is 0 Å². The summed E-state index contributed by atoms with van der Waals surface area (Å²) >= 11 is 0. The molecule has 0 radical (unpaired) electrons. The molecule has 0 spiro atoms. The summed E-state index contributed by atoms with van der Waals surface area (Å²) in [6.07, 6.45) is 1.00. The average molecular weight is 384 g/mol. The van der Waals surface area contributed by atoms with E-state index >= 15 is 0 Å². The Kier molecular flexibility index (Phi) is 4.22. The molecule has 12 heteroatoms. The predicted molar refractivity (Wildman–Crippen MR) is 71.5 cm³/mol. The Hall–Kier alpha value is -1.82. The molecular weight excluding hydrogens is 370 g/mol. The number of fused-ring (bicyclic) bond motifs is 1. The van der Waals surface area contributed by atoms with Crippen LogP contribution in [0.15, 0.2) is 0 Å². The third kappa shape index (κ3) is 3.08. The van der Waals surface area contributed by atoms with Crippen LogP contribution in [0.4, 0.5) is 8.78 Å². The lowest BCUT2D eigenvalue weighted by Crippen LogP contribution is -2.36. The summed E-state index contributed by atoms with van der Waals surface area (Å²) in [7, 11) is -5.73. The molecule has 0 aromatic carbocycles. The summed E-state index contributed by atoms with van der Waals surface area (Å²) in [5.41, 5.74) is 0. The number of rotatable bonds is 6. The van der Waals surface area contributed by atoms with Gasteiger partial charge in [0.15, 0.2) is 13.2 Å². The van der Waals surface area contributed by atoms with Gasteiger partial charge in [-0.1, -0.05) is 0 Å². The number of ether oxygens (including phenoxy) is 3. The first kappa shape index (κ1) is 18.0. The van der Waals surface area contributed by atoms with Crippen molar-refractivity contribution in [2.75, 3.05) is 13.2 Å². The van der Waals surface area contributed by atoms with E-state index < -0.39 is 58.3 Å². The molecule has 140 valence electrons. The van der Waals surface area contributed by atoms with E-state index in [1.165, 1.54) is 0 Å². The van der Waals surface area contributed by atoms with Gasteiger partial charge in [0.05, 0.1) is 11.8 Å². The van der Waals surface area contributed by atoms with Crippen molar-refractivity contribution in [1.82, 2.24) is 0 Å². The fourth-order valence-corrected chi connectivity index (χ4v) is 4.04. The summed E-state index contributed by atoms with van der Waals surface area (Å²) in [5.74, 6) is -4.22. The van der Waals surface area contributed by atoms with Crippen LogP contribution in [-0.4, -0.2) is 55.5 Å². The normalized spacial score (nSPS) is 33.2. The van der Waals surface area contributed by atoms with Crippen LogP contribution in [0.5, 0.6) is 0 Å². The molecule has 25 heavy (non-hydrogen) atoms. The topological polar surface area (TPSA) is 133 Å². The van der Waals surface area contributed by atoms with E-state index in [0.717, 1.165) is 0 Å². The van der Waals surface area contributed by atoms with Crippen LogP contribution in [0.1, 0.15) is 12.8 Å². The number of halogens is 2. The van der Waals surface area contributed by atoms with E-state index in [1.54, 1.807) is 0 Å². The highest BCUT2D eigenvalue weighted by Crippen LogP contribution is 2.57. The Labute approximate surface area is 140 Å². The van der Waals surface area contributed by atoms with Gasteiger partial charge in [0.25, 0.3) is 0 Å². The van der Waals surface area contributed by atoms with Gasteiger partial charge in [-0.2, -0.15) is 17.2 Å². The zero-order valence-corrected chi connectivity index (χ0v) is 13.4. The van der Waals surface area contributed by atoms with Gasteiger partial charge in [-0.25, -0.2) is 4.79 Å². The second-order valence-corrected chi connectivity index (χ2v) is 7.85. The molecule has 3 rings (SSSR count). The summed E-state index contributed by atoms with van der Waals surface area (Å²) in [6, 6.07) is 0. The second kappa shape index (κ2) is 5.87. The van der Waals surface area contributed by atoms with Crippen molar-refractivity contribution >= 4 is 28.0 Å². The van der Waals surface area contributed by atoms with Crippen molar-refractivity contribution in [1.29, 1.82) is 0 Å². The number of hydrogen-bond donors (Lipinski definition) is 1. The van der Waals surface area contributed by atoms with Gasteiger partial charge in [0, 0.05) is 5.92 Å². The maximum atomic E-state index is 12.9. The molecule has 2 aliphatic carbocycles. The number of esters is 3. The van der Waals surface area contributed by atoms with Gasteiger partial charge in [0.1, 0.15) is 6.10 Å². The standard InChI is InChI=1S/C13H14F2O9S/c14-13(15,25(19,20)21)4-23-8(16)3-22-11(17)9-5-1-6-7(2-5)24-12(18)10(6)9/h5-7,9-10H,1-4H2,(H,19,20,21). The van der Waals surface area contributed by atoms with E-state index in [0.29, 0.717) is 12.8 Å². The smallest absolute Gasteiger partial charge is 0.402 e. The highest BCUT2D eigenvalue weighted by atomic mass is 32.2. The van der Waals surface area contributed by atoms with Gasteiger partial charge < -0.3 is 14.2 Å². The lowest BCUT2D eigenvalue weighted by Gasteiger charge is -2.22. The van der Waals surface area contributed by atoms with Crippen molar-refractivity contribution in [3.8, 4) is 0 Å². The Morgan fingerprint density at radius 2 is 1.96 bits per heavy atom. The molecule has 0 aromatic heterocycles. The first-order chi connectivity index (χ1) is 11.5. The Bertz CT molecular complexity index is 717. The van der Waals surface area contributed by atoms with Crippen molar-refractivity contribution in [3.05, 3.63) is 0 Å². The summed E-state index contributed by atoms with van der Waals surface area (Å²) in [6.45, 7) is -2.92. The third-order valence-corrected chi connectivity index (χ3v) is 5.74. The maximum Gasteiger partial charge on any atom is 0.402 e. The number of carbonyl (C=O) groups excluding carboxylic acids is 3. The monoisotopic (exact) mass is 384 g/mol. The average Bonchev–Trinajstić information content (AvgIpc) is 3.11. The van der Waals surface area contributed by atoms with E-state index in [-0.39, 0.29) is 17.9 Å². The molecule has 1 N–H and O–H groups in total. The Morgan fingerprint density at radius 3 is 2.60 bits per heavy atom. The van der Waals surface area contributed by atoms with E-state index in [4.69, 9.17) is 14.0 Å². The van der Waals surface area contributed by atoms with Crippen LogP contribution in [-0.2, 0) is 38.7 Å². The summed E-state index contributed by atoms with van der Waals surface area (Å²) in [5, 5.41) is -4.67. The zero-order valence-electron chi connectivity index (χ0n) is 12.6. The molecule has 0 amide bonds. The van der Waals surface area contributed by atoms with Crippen LogP contribution in [0, 0.1) is 23.7 Å². The van der Waals surface area contributed by atoms with Gasteiger partial charge in [0.2, 0.25) is 0 Å². The van der Waals surface area contributed by atoms with Gasteiger partial charge in [-0.05, 0) is 18.8 Å². The molecule has 0 aromatic rings. The minimum absolute atomic E-state index is 0.0459. The highest BCUT2D eigenvalue weighted by Gasteiger charge is 2.64. The van der Waals surface area contributed by atoms with Crippen LogP contribution in [0.25, 0.3) is 0 Å². The van der Waals surface area contributed by atoms with Crippen molar-refractivity contribution in [2.24, 2.45) is 23.7 Å². The highest BCUT2D eigenvalue weighted by molar-refractivity contribution is 7.86.